The van der Waals surface area contributed by atoms with Gasteiger partial charge in [-0.1, -0.05) is 27.0 Å². The van der Waals surface area contributed by atoms with E-state index >= 15 is 0 Å². The lowest BCUT2D eigenvalue weighted by Gasteiger charge is -2.40. The van der Waals surface area contributed by atoms with Crippen LogP contribution >= 0.6 is 0 Å². The third-order valence-corrected chi connectivity index (χ3v) is 7.53. The summed E-state index contributed by atoms with van der Waals surface area (Å²) in [5, 5.41) is 0. The number of hydrogen-bond donors (Lipinski definition) is 0. The molecule has 0 saturated heterocycles. The first kappa shape index (κ1) is 23.5. The van der Waals surface area contributed by atoms with Crippen LogP contribution in [0, 0.1) is 0 Å². The van der Waals surface area contributed by atoms with Gasteiger partial charge in [0.05, 0.1) is 37.6 Å². The molecule has 0 amide bonds. The molecule has 2 aromatic rings. The van der Waals surface area contributed by atoms with Crippen LogP contribution in [-0.2, 0) is 40.7 Å². The monoisotopic (exact) mass is 504 g/mol. The zero-order valence-corrected chi connectivity index (χ0v) is 21.0. The molecule has 192 valence electrons. The van der Waals surface area contributed by atoms with Crippen molar-refractivity contribution in [1.82, 2.24) is 0 Å². The van der Waals surface area contributed by atoms with E-state index in [0.29, 0.717) is 86.2 Å². The maximum Gasteiger partial charge on any atom is 0.335 e. The van der Waals surface area contributed by atoms with Gasteiger partial charge in [-0.15, -0.1) is 0 Å². The second kappa shape index (κ2) is 8.57. The fourth-order valence-corrected chi connectivity index (χ4v) is 6.00. The van der Waals surface area contributed by atoms with Crippen molar-refractivity contribution in [2.75, 3.05) is 26.4 Å². The fraction of sp³-hybridized carbons (Fsp3) is 0.379. The number of esters is 2. The summed E-state index contributed by atoms with van der Waals surface area (Å²) in [7, 11) is 0. The second-order valence-electron chi connectivity index (χ2n) is 9.91. The number of carbonyl (C=O) groups is 2. The summed E-state index contributed by atoms with van der Waals surface area (Å²) in [5.41, 5.74) is 4.41. The van der Waals surface area contributed by atoms with E-state index in [4.69, 9.17) is 28.4 Å². The van der Waals surface area contributed by atoms with Crippen molar-refractivity contribution in [1.29, 1.82) is 0 Å². The first-order chi connectivity index (χ1) is 17.9. The molecule has 4 aliphatic heterocycles. The number of carbonyl (C=O) groups excluding carboxylic acids is 2. The quantitative estimate of drug-likeness (QED) is 0.332. The number of rotatable bonds is 6. The first-order valence-corrected chi connectivity index (χ1v) is 12.5. The second-order valence-corrected chi connectivity index (χ2v) is 9.91. The smallest absolute Gasteiger partial charge is 0.335 e. The maximum absolute atomic E-state index is 12.5. The minimum atomic E-state index is -0.932. The van der Waals surface area contributed by atoms with Crippen LogP contribution in [0.3, 0.4) is 0 Å². The summed E-state index contributed by atoms with van der Waals surface area (Å²) in [6, 6.07) is 0. The molecule has 4 heterocycles. The van der Waals surface area contributed by atoms with Crippen LogP contribution in [0.15, 0.2) is 25.3 Å². The third kappa shape index (κ3) is 3.42. The SMILES string of the molecule is C=CC(=O)Oc1c2c3c(c(c1C(C)(C)c1c4c5c(c(c1OC(=O)C=C)OCC5)CCO4)OCC3)CCO2. The molecule has 0 atom stereocenters. The summed E-state index contributed by atoms with van der Waals surface area (Å²) in [5.74, 6) is 1.79. The van der Waals surface area contributed by atoms with Crippen molar-refractivity contribution in [2.24, 2.45) is 0 Å². The molecule has 0 aromatic heterocycles. The Kier molecular flexibility index (Phi) is 5.44. The largest absolute Gasteiger partial charge is 0.492 e. The maximum atomic E-state index is 12.5. The lowest BCUT2D eigenvalue weighted by molar-refractivity contribution is -0.130. The zero-order chi connectivity index (χ0) is 25.9. The molecule has 0 unspecified atom stereocenters. The molecule has 0 aliphatic carbocycles. The van der Waals surface area contributed by atoms with E-state index in [1.54, 1.807) is 0 Å². The van der Waals surface area contributed by atoms with E-state index in [-0.39, 0.29) is 11.5 Å². The van der Waals surface area contributed by atoms with Crippen molar-refractivity contribution < 1.29 is 38.0 Å². The highest BCUT2D eigenvalue weighted by atomic mass is 16.6. The fourth-order valence-electron chi connectivity index (χ4n) is 6.00. The number of ether oxygens (including phenoxy) is 6. The summed E-state index contributed by atoms with van der Waals surface area (Å²) in [4.78, 5) is 25.1. The molecule has 0 fully saturated rings. The van der Waals surface area contributed by atoms with Crippen LogP contribution in [0.1, 0.15) is 47.2 Å². The van der Waals surface area contributed by atoms with E-state index in [0.717, 1.165) is 34.4 Å². The van der Waals surface area contributed by atoms with E-state index in [1.807, 2.05) is 13.8 Å². The molecule has 6 rings (SSSR count). The number of hydrogen-bond acceptors (Lipinski definition) is 8. The Hall–Kier alpha value is -3.94. The molecular formula is C29H28O8. The topological polar surface area (TPSA) is 89.5 Å². The van der Waals surface area contributed by atoms with Gasteiger partial charge in [0.15, 0.2) is 23.0 Å². The van der Waals surface area contributed by atoms with E-state index in [9.17, 15) is 9.59 Å². The van der Waals surface area contributed by atoms with Crippen molar-refractivity contribution in [3.05, 3.63) is 58.7 Å². The zero-order valence-electron chi connectivity index (χ0n) is 21.0. The van der Waals surface area contributed by atoms with Gasteiger partial charge in [0, 0.05) is 65.5 Å². The molecule has 0 spiro atoms. The van der Waals surface area contributed by atoms with Crippen molar-refractivity contribution in [3.8, 4) is 34.5 Å². The first-order valence-electron chi connectivity index (χ1n) is 12.5. The van der Waals surface area contributed by atoms with Gasteiger partial charge in [-0.2, -0.15) is 0 Å². The summed E-state index contributed by atoms with van der Waals surface area (Å²) in [6.07, 6.45) is 4.91. The Bertz CT molecular complexity index is 1280. The van der Waals surface area contributed by atoms with Gasteiger partial charge in [-0.3, -0.25) is 0 Å². The van der Waals surface area contributed by atoms with Gasteiger partial charge in [-0.05, 0) is 0 Å². The van der Waals surface area contributed by atoms with Gasteiger partial charge >= 0.3 is 11.9 Å². The third-order valence-electron chi connectivity index (χ3n) is 7.53. The number of benzene rings is 2. The molecule has 8 bridgehead atoms. The van der Waals surface area contributed by atoms with E-state index < -0.39 is 17.4 Å². The van der Waals surface area contributed by atoms with Crippen molar-refractivity contribution in [3.63, 3.8) is 0 Å². The molecule has 2 aromatic carbocycles. The van der Waals surface area contributed by atoms with Crippen LogP contribution < -0.4 is 28.4 Å². The van der Waals surface area contributed by atoms with Gasteiger partial charge in [-0.25, -0.2) is 9.59 Å². The van der Waals surface area contributed by atoms with Crippen molar-refractivity contribution >= 4 is 11.9 Å². The normalized spacial score (nSPS) is 16.3. The Morgan fingerprint density at radius 1 is 0.649 bits per heavy atom. The predicted octanol–water partition coefficient (Wildman–Crippen LogP) is 3.93. The Balaban J connectivity index is 1.68. The molecule has 8 heteroatoms. The average Bonchev–Trinajstić information content (AvgIpc) is 2.88. The minimum absolute atomic E-state index is 0.289. The Morgan fingerprint density at radius 3 is 1.32 bits per heavy atom. The summed E-state index contributed by atoms with van der Waals surface area (Å²) >= 11 is 0. The molecule has 0 saturated carbocycles. The highest BCUT2D eigenvalue weighted by Crippen LogP contribution is 2.60. The molecule has 37 heavy (non-hydrogen) atoms. The predicted molar refractivity (Wildman–Crippen MR) is 133 cm³/mol. The minimum Gasteiger partial charge on any atom is -0.492 e. The van der Waals surface area contributed by atoms with Crippen LogP contribution in [-0.4, -0.2) is 38.4 Å². The van der Waals surface area contributed by atoms with E-state index in [2.05, 4.69) is 13.2 Å². The van der Waals surface area contributed by atoms with Gasteiger partial charge in [0.25, 0.3) is 0 Å². The van der Waals surface area contributed by atoms with Crippen LogP contribution in [0.2, 0.25) is 0 Å². The highest BCUT2D eigenvalue weighted by molar-refractivity contribution is 5.87. The lowest BCUT2D eigenvalue weighted by Crippen LogP contribution is -2.32. The molecule has 0 radical (unpaired) electrons. The van der Waals surface area contributed by atoms with Crippen LogP contribution in [0.5, 0.6) is 34.5 Å². The standard InChI is InChI=1S/C29H28O8/c1-5-19(30)36-27-21(23-15-7-13-34-25(27)17(15)9-11-32-23)29(3,4)22-24-16-8-14-35-26(18(16)10-12-33-24)28(22)37-20(31)6-2/h5-6H,1-2,7-14H2,3-4H3. The summed E-state index contributed by atoms with van der Waals surface area (Å²) in [6.45, 7) is 12.9. The van der Waals surface area contributed by atoms with Gasteiger partial charge in [0.2, 0.25) is 0 Å². The Labute approximate surface area is 214 Å². The highest BCUT2D eigenvalue weighted by Gasteiger charge is 2.46. The van der Waals surface area contributed by atoms with Crippen molar-refractivity contribution in [2.45, 2.75) is 44.9 Å². The summed E-state index contributed by atoms with van der Waals surface area (Å²) < 4.78 is 36.5. The average molecular weight is 505 g/mol. The Morgan fingerprint density at radius 2 is 0.973 bits per heavy atom. The van der Waals surface area contributed by atoms with Gasteiger partial charge in [0.1, 0.15) is 11.5 Å². The molecular weight excluding hydrogens is 476 g/mol. The van der Waals surface area contributed by atoms with Crippen LogP contribution in [0.25, 0.3) is 0 Å². The lowest BCUT2D eigenvalue weighted by atomic mass is 9.72. The molecule has 8 nitrogen and oxygen atoms in total. The van der Waals surface area contributed by atoms with Gasteiger partial charge < -0.3 is 28.4 Å². The van der Waals surface area contributed by atoms with E-state index in [1.165, 1.54) is 0 Å². The molecule has 0 N–H and O–H groups in total. The van der Waals surface area contributed by atoms with Crippen LogP contribution in [0.4, 0.5) is 0 Å². The molecule has 4 aliphatic rings.